The molecule has 0 atom stereocenters. The average Bonchev–Trinajstić information content (AvgIpc) is 3.93. The van der Waals surface area contributed by atoms with E-state index in [1.165, 1.54) is 153 Å². The van der Waals surface area contributed by atoms with Gasteiger partial charge < -0.3 is 0 Å². The first-order valence-corrected chi connectivity index (χ1v) is 24.9. The van der Waals surface area contributed by atoms with E-state index in [4.69, 9.17) is 0 Å². The fourth-order valence-electron chi connectivity index (χ4n) is 13.7. The van der Waals surface area contributed by atoms with Crippen molar-refractivity contribution in [3.63, 3.8) is 0 Å². The molecule has 0 aromatic heterocycles. The average molecular weight is 895 g/mol. The van der Waals surface area contributed by atoms with Crippen molar-refractivity contribution in [2.45, 2.75) is 5.41 Å². The standard InChI is InChI=1S/C71H42/c1-2-23-47-43(19-1)20-18-36-53(47)66-58-33-10-8-31-56(58)65(57-32-9-11-34-59(57)66)46-22-17-21-44(41-46)45-39-40-61-62(42-45)50-26-4-7-30-55(50)68-67-54-29-6-3-24-48(54)49-25-5-12-35-60(49)69(67)71(70(61)68)63-37-15-13-27-51(63)52-28-14-16-38-64(52)71/h1-42H. The van der Waals surface area contributed by atoms with Gasteiger partial charge in [0, 0.05) is 0 Å². The minimum atomic E-state index is -0.550. The number of benzene rings is 14. The highest BCUT2D eigenvalue weighted by Crippen LogP contribution is 2.68. The van der Waals surface area contributed by atoms with Gasteiger partial charge in [0.15, 0.2) is 0 Å². The van der Waals surface area contributed by atoms with Gasteiger partial charge in [-0.05, 0) is 165 Å². The Balaban J connectivity index is 0.977. The summed E-state index contributed by atoms with van der Waals surface area (Å²) < 4.78 is 0. The van der Waals surface area contributed by atoms with Gasteiger partial charge in [-0.1, -0.05) is 243 Å². The number of rotatable bonds is 3. The van der Waals surface area contributed by atoms with Crippen LogP contribution in [0.3, 0.4) is 0 Å². The molecular formula is C71H42. The summed E-state index contributed by atoms with van der Waals surface area (Å²) in [5.74, 6) is 0. The van der Waals surface area contributed by atoms with Crippen LogP contribution in [0, 0.1) is 0 Å². The van der Waals surface area contributed by atoms with Crippen LogP contribution in [-0.4, -0.2) is 0 Å². The van der Waals surface area contributed by atoms with Gasteiger partial charge in [0.2, 0.25) is 0 Å². The van der Waals surface area contributed by atoms with E-state index in [0.29, 0.717) is 0 Å². The lowest BCUT2D eigenvalue weighted by Gasteiger charge is -2.33. The van der Waals surface area contributed by atoms with Crippen LogP contribution in [0.1, 0.15) is 22.3 Å². The summed E-state index contributed by atoms with van der Waals surface area (Å²) in [4.78, 5) is 0. The molecule has 0 radical (unpaired) electrons. The second kappa shape index (κ2) is 14.5. The SMILES string of the molecule is c1cc(-c2ccc3c4c(c5ccccc5c3c2)-c2c(c3ccccc3c3ccccc23)C42c3ccccc3-c3ccccc32)cc(-c2c3ccccc3c(-c3cccc4ccccc34)c3ccccc23)c1. The van der Waals surface area contributed by atoms with Crippen molar-refractivity contribution >= 4 is 75.4 Å². The van der Waals surface area contributed by atoms with Crippen molar-refractivity contribution in [2.75, 3.05) is 0 Å². The van der Waals surface area contributed by atoms with Gasteiger partial charge in [0.1, 0.15) is 0 Å². The molecule has 2 aliphatic rings. The highest BCUT2D eigenvalue weighted by molar-refractivity contribution is 6.28. The molecule has 0 saturated carbocycles. The van der Waals surface area contributed by atoms with Gasteiger partial charge in [0.05, 0.1) is 5.41 Å². The maximum absolute atomic E-state index is 2.50. The molecule has 0 fully saturated rings. The number of hydrogen-bond donors (Lipinski definition) is 0. The molecule has 0 N–H and O–H groups in total. The van der Waals surface area contributed by atoms with Gasteiger partial charge >= 0.3 is 0 Å². The number of fused-ring (bicyclic) bond motifs is 23. The largest absolute Gasteiger partial charge is 0.0738 e. The molecule has 1 spiro atoms. The Morgan fingerprint density at radius 3 is 1.18 bits per heavy atom. The fourth-order valence-corrected chi connectivity index (χ4v) is 13.7. The highest BCUT2D eigenvalue weighted by atomic mass is 14.5. The van der Waals surface area contributed by atoms with E-state index in [9.17, 15) is 0 Å². The van der Waals surface area contributed by atoms with E-state index in [2.05, 4.69) is 255 Å². The maximum Gasteiger partial charge on any atom is 0.0738 e. The molecule has 16 rings (SSSR count). The zero-order chi connectivity index (χ0) is 46.4. The minimum Gasteiger partial charge on any atom is -0.0619 e. The predicted molar refractivity (Wildman–Crippen MR) is 302 cm³/mol. The lowest BCUT2D eigenvalue weighted by molar-refractivity contribution is 0.810. The van der Waals surface area contributed by atoms with E-state index in [1.807, 2.05) is 0 Å². The molecule has 0 heterocycles. The van der Waals surface area contributed by atoms with Crippen LogP contribution >= 0.6 is 0 Å². The van der Waals surface area contributed by atoms with Gasteiger partial charge in [0.25, 0.3) is 0 Å². The zero-order valence-electron chi connectivity index (χ0n) is 38.7. The summed E-state index contributed by atoms with van der Waals surface area (Å²) in [6, 6.07) is 96.2. The van der Waals surface area contributed by atoms with Crippen LogP contribution in [0.2, 0.25) is 0 Å². The molecule has 326 valence electrons. The second-order valence-electron chi connectivity index (χ2n) is 19.7. The summed E-state index contributed by atoms with van der Waals surface area (Å²) in [5.41, 5.74) is 17.8. The van der Waals surface area contributed by atoms with E-state index >= 15 is 0 Å². The highest BCUT2D eigenvalue weighted by Gasteiger charge is 2.54. The van der Waals surface area contributed by atoms with E-state index in [-0.39, 0.29) is 0 Å². The molecule has 0 bridgehead atoms. The Morgan fingerprint density at radius 2 is 0.577 bits per heavy atom. The van der Waals surface area contributed by atoms with Crippen LogP contribution < -0.4 is 0 Å². The van der Waals surface area contributed by atoms with Crippen LogP contribution in [0.4, 0.5) is 0 Å². The van der Waals surface area contributed by atoms with E-state index in [1.54, 1.807) is 0 Å². The molecule has 2 aliphatic carbocycles. The zero-order valence-corrected chi connectivity index (χ0v) is 38.7. The lowest BCUT2D eigenvalue weighted by atomic mass is 9.68. The molecule has 14 aromatic carbocycles. The second-order valence-corrected chi connectivity index (χ2v) is 19.7. The first kappa shape index (κ1) is 38.8. The smallest absolute Gasteiger partial charge is 0.0619 e. The Kier molecular flexibility index (Phi) is 7.91. The Labute approximate surface area is 411 Å². The van der Waals surface area contributed by atoms with E-state index in [0.717, 1.165) is 0 Å². The molecule has 71 heavy (non-hydrogen) atoms. The van der Waals surface area contributed by atoms with Gasteiger partial charge in [-0.3, -0.25) is 0 Å². The van der Waals surface area contributed by atoms with Crippen molar-refractivity contribution in [1.29, 1.82) is 0 Å². The number of hydrogen-bond acceptors (Lipinski definition) is 0. The van der Waals surface area contributed by atoms with Gasteiger partial charge in [-0.25, -0.2) is 0 Å². The first-order chi connectivity index (χ1) is 35.3. The van der Waals surface area contributed by atoms with Crippen LogP contribution in [0.15, 0.2) is 255 Å². The van der Waals surface area contributed by atoms with E-state index < -0.39 is 5.41 Å². The fraction of sp³-hybridized carbons (Fsp3) is 0.0141. The van der Waals surface area contributed by atoms with Crippen molar-refractivity contribution < 1.29 is 0 Å². The van der Waals surface area contributed by atoms with Crippen molar-refractivity contribution in [3.05, 3.63) is 277 Å². The summed E-state index contributed by atoms with van der Waals surface area (Å²) in [7, 11) is 0. The Hall–Kier alpha value is -9.10. The summed E-state index contributed by atoms with van der Waals surface area (Å²) >= 11 is 0. The predicted octanol–water partition coefficient (Wildman–Crippen LogP) is 19.1. The molecule has 14 aromatic rings. The molecule has 0 aliphatic heterocycles. The Morgan fingerprint density at radius 1 is 0.197 bits per heavy atom. The van der Waals surface area contributed by atoms with Crippen LogP contribution in [-0.2, 0) is 5.41 Å². The molecule has 0 amide bonds. The van der Waals surface area contributed by atoms with Crippen molar-refractivity contribution in [2.24, 2.45) is 0 Å². The summed E-state index contributed by atoms with van der Waals surface area (Å²) in [6.45, 7) is 0. The summed E-state index contributed by atoms with van der Waals surface area (Å²) in [5, 5.41) is 17.9. The topological polar surface area (TPSA) is 0 Å². The van der Waals surface area contributed by atoms with Crippen molar-refractivity contribution in [3.8, 4) is 55.6 Å². The van der Waals surface area contributed by atoms with Gasteiger partial charge in [-0.2, -0.15) is 0 Å². The first-order valence-electron chi connectivity index (χ1n) is 24.9. The quantitative estimate of drug-likeness (QED) is 0.122. The van der Waals surface area contributed by atoms with Crippen molar-refractivity contribution in [1.82, 2.24) is 0 Å². The molecule has 0 heteroatoms. The third-order valence-corrected chi connectivity index (χ3v) is 16.4. The third-order valence-electron chi connectivity index (χ3n) is 16.4. The molecule has 0 unspecified atom stereocenters. The van der Waals surface area contributed by atoms with Crippen LogP contribution in [0.25, 0.3) is 131 Å². The Bertz CT molecular complexity index is 4540. The maximum atomic E-state index is 2.50. The normalized spacial score (nSPS) is 13.2. The molecular weight excluding hydrogens is 853 g/mol. The third kappa shape index (κ3) is 5.08. The lowest BCUT2D eigenvalue weighted by Crippen LogP contribution is -2.26. The minimum absolute atomic E-state index is 0.550. The van der Waals surface area contributed by atoms with Crippen LogP contribution in [0.5, 0.6) is 0 Å². The monoisotopic (exact) mass is 894 g/mol. The molecule has 0 saturated heterocycles. The summed E-state index contributed by atoms with van der Waals surface area (Å²) in [6.07, 6.45) is 0. The molecule has 0 nitrogen and oxygen atoms in total. The van der Waals surface area contributed by atoms with Gasteiger partial charge in [-0.15, -0.1) is 0 Å².